The van der Waals surface area contributed by atoms with Crippen LogP contribution in [0.25, 0.3) is 0 Å². The Balaban J connectivity index is 2.16. The third-order valence-electron chi connectivity index (χ3n) is 2.31. The van der Waals surface area contributed by atoms with Crippen molar-refractivity contribution in [3.05, 3.63) is 56.5 Å². The van der Waals surface area contributed by atoms with E-state index in [1.54, 1.807) is 24.4 Å². The highest BCUT2D eigenvalue weighted by Gasteiger charge is 2.07. The molecule has 6 heteroatoms. The van der Waals surface area contributed by atoms with Crippen molar-refractivity contribution >= 4 is 44.8 Å². The molecule has 1 aromatic carbocycles. The molecule has 0 fully saturated rings. The van der Waals surface area contributed by atoms with Gasteiger partial charge in [-0.25, -0.2) is 9.37 Å². The van der Waals surface area contributed by atoms with E-state index in [9.17, 15) is 4.39 Å². The lowest BCUT2D eigenvalue weighted by atomic mass is 10.2. The number of hydrogen-bond acceptors (Lipinski definition) is 2. The van der Waals surface area contributed by atoms with Gasteiger partial charge in [0.2, 0.25) is 0 Å². The summed E-state index contributed by atoms with van der Waals surface area (Å²) in [6.45, 7) is 0.282. The summed E-state index contributed by atoms with van der Waals surface area (Å²) in [5.41, 5.74) is 1.10. The van der Waals surface area contributed by atoms with Crippen molar-refractivity contribution in [1.82, 2.24) is 4.98 Å². The van der Waals surface area contributed by atoms with Gasteiger partial charge in [0.25, 0.3) is 0 Å². The van der Waals surface area contributed by atoms with Gasteiger partial charge in [-0.3, -0.25) is 0 Å². The predicted molar refractivity (Wildman–Crippen MR) is 75.7 cm³/mol. The van der Waals surface area contributed by atoms with Crippen LogP contribution in [0.5, 0.6) is 0 Å². The molecular weight excluding hydrogens is 342 g/mol. The summed E-state index contributed by atoms with van der Waals surface area (Å²) in [4.78, 5) is 3.97. The molecule has 2 aromatic rings. The van der Waals surface area contributed by atoms with E-state index in [4.69, 9.17) is 23.2 Å². The quantitative estimate of drug-likeness (QED) is 0.797. The minimum absolute atomic E-state index is 0.104. The third-order valence-corrected chi connectivity index (χ3v) is 3.33. The molecule has 0 bridgehead atoms. The zero-order valence-electron chi connectivity index (χ0n) is 9.05. The number of hydrogen-bond donors (Lipinski definition) is 1. The fraction of sp³-hybridized carbons (Fsp3) is 0.0833. The van der Waals surface area contributed by atoms with Gasteiger partial charge in [0, 0.05) is 22.8 Å². The maximum absolute atomic E-state index is 13.7. The summed E-state index contributed by atoms with van der Waals surface area (Å²) >= 11 is 14.9. The minimum atomic E-state index is -0.425. The van der Waals surface area contributed by atoms with Crippen molar-refractivity contribution < 1.29 is 4.39 Å². The second-order valence-corrected chi connectivity index (χ2v) is 5.24. The van der Waals surface area contributed by atoms with Gasteiger partial charge in [-0.05, 0) is 28.1 Å². The molecule has 0 radical (unpaired) electrons. The van der Waals surface area contributed by atoms with E-state index in [1.807, 2.05) is 0 Å². The summed E-state index contributed by atoms with van der Waals surface area (Å²) in [6.07, 6.45) is 1.59. The highest BCUT2D eigenvalue weighted by atomic mass is 79.9. The zero-order valence-corrected chi connectivity index (χ0v) is 12.2. The molecule has 0 aliphatic carbocycles. The number of halogens is 4. The SMILES string of the molecule is Fc1c(Cl)cccc1CNc1cc(Br)cnc1Cl. The topological polar surface area (TPSA) is 24.9 Å². The van der Waals surface area contributed by atoms with Gasteiger partial charge in [-0.1, -0.05) is 35.3 Å². The molecule has 0 aliphatic heterocycles. The third kappa shape index (κ3) is 3.13. The van der Waals surface area contributed by atoms with Gasteiger partial charge >= 0.3 is 0 Å². The summed E-state index contributed by atoms with van der Waals surface area (Å²) in [6, 6.07) is 6.64. The van der Waals surface area contributed by atoms with Crippen LogP contribution in [0.15, 0.2) is 34.9 Å². The van der Waals surface area contributed by atoms with Crippen LogP contribution in [-0.2, 0) is 6.54 Å². The molecule has 2 rings (SSSR count). The smallest absolute Gasteiger partial charge is 0.152 e. The lowest BCUT2D eigenvalue weighted by Gasteiger charge is -2.09. The molecule has 2 nitrogen and oxygen atoms in total. The summed E-state index contributed by atoms with van der Waals surface area (Å²) < 4.78 is 14.4. The lowest BCUT2D eigenvalue weighted by Crippen LogP contribution is -2.03. The summed E-state index contributed by atoms with van der Waals surface area (Å²) in [5, 5.41) is 3.45. The van der Waals surface area contributed by atoms with Gasteiger partial charge in [0.05, 0.1) is 10.7 Å². The van der Waals surface area contributed by atoms with Crippen molar-refractivity contribution in [1.29, 1.82) is 0 Å². The maximum atomic E-state index is 13.7. The molecule has 0 spiro atoms. The van der Waals surface area contributed by atoms with Crippen LogP contribution in [0.3, 0.4) is 0 Å². The molecule has 0 atom stereocenters. The van der Waals surface area contributed by atoms with Crippen molar-refractivity contribution in [2.75, 3.05) is 5.32 Å². The first-order valence-corrected chi connectivity index (χ1v) is 6.60. The Bertz CT molecular complexity index is 576. The second kappa shape index (κ2) is 5.87. The zero-order chi connectivity index (χ0) is 13.1. The van der Waals surface area contributed by atoms with Crippen LogP contribution >= 0.6 is 39.1 Å². The Kier molecular flexibility index (Phi) is 4.43. The predicted octanol–water partition coefficient (Wildman–Crippen LogP) is 4.90. The molecular formula is C12H8BrCl2FN2. The van der Waals surface area contributed by atoms with Gasteiger partial charge in [0.1, 0.15) is 5.82 Å². The molecule has 0 amide bonds. The Morgan fingerprint density at radius 1 is 1.33 bits per heavy atom. The van der Waals surface area contributed by atoms with E-state index < -0.39 is 5.82 Å². The molecule has 1 aromatic heterocycles. The van der Waals surface area contributed by atoms with Crippen LogP contribution in [0.4, 0.5) is 10.1 Å². The number of nitrogens with zero attached hydrogens (tertiary/aromatic N) is 1. The molecule has 0 unspecified atom stereocenters. The van der Waals surface area contributed by atoms with Crippen molar-refractivity contribution in [2.45, 2.75) is 6.54 Å². The van der Waals surface area contributed by atoms with Crippen LogP contribution in [-0.4, -0.2) is 4.98 Å². The standard InChI is InChI=1S/C12H8BrCl2FN2/c13-8-4-10(12(15)18-6-8)17-5-7-2-1-3-9(14)11(7)16/h1-4,6,17H,5H2. The average Bonchev–Trinajstić information content (AvgIpc) is 2.35. The van der Waals surface area contributed by atoms with Crippen LogP contribution in [0.2, 0.25) is 10.2 Å². The highest BCUT2D eigenvalue weighted by molar-refractivity contribution is 9.10. The molecule has 94 valence electrons. The van der Waals surface area contributed by atoms with Crippen molar-refractivity contribution in [3.63, 3.8) is 0 Å². The van der Waals surface area contributed by atoms with Crippen molar-refractivity contribution in [2.24, 2.45) is 0 Å². The van der Waals surface area contributed by atoms with Crippen LogP contribution in [0, 0.1) is 5.82 Å². The molecule has 0 saturated heterocycles. The first-order chi connectivity index (χ1) is 8.58. The molecule has 18 heavy (non-hydrogen) atoms. The lowest BCUT2D eigenvalue weighted by molar-refractivity contribution is 0.613. The summed E-state index contributed by atoms with van der Waals surface area (Å²) in [7, 11) is 0. The summed E-state index contributed by atoms with van der Waals surface area (Å²) in [5.74, 6) is -0.425. The maximum Gasteiger partial charge on any atom is 0.152 e. The minimum Gasteiger partial charge on any atom is -0.378 e. The van der Waals surface area contributed by atoms with Gasteiger partial charge in [-0.2, -0.15) is 0 Å². The number of pyridine rings is 1. The number of nitrogens with one attached hydrogen (secondary N) is 1. The Labute approximate surface area is 122 Å². The Hall–Kier alpha value is -0.840. The molecule has 0 aliphatic rings. The van der Waals surface area contributed by atoms with E-state index in [-0.39, 0.29) is 11.6 Å². The Morgan fingerprint density at radius 3 is 2.89 bits per heavy atom. The van der Waals surface area contributed by atoms with E-state index >= 15 is 0 Å². The van der Waals surface area contributed by atoms with E-state index in [0.29, 0.717) is 16.4 Å². The normalized spacial score (nSPS) is 10.4. The first kappa shape index (κ1) is 13.6. The molecule has 0 saturated carbocycles. The average molecular weight is 350 g/mol. The number of benzene rings is 1. The fourth-order valence-corrected chi connectivity index (χ4v) is 2.12. The fourth-order valence-electron chi connectivity index (χ4n) is 1.42. The van der Waals surface area contributed by atoms with E-state index in [0.717, 1.165) is 4.47 Å². The van der Waals surface area contributed by atoms with Gasteiger partial charge in [-0.15, -0.1) is 0 Å². The van der Waals surface area contributed by atoms with E-state index in [2.05, 4.69) is 26.2 Å². The van der Waals surface area contributed by atoms with Gasteiger partial charge < -0.3 is 5.32 Å². The largest absolute Gasteiger partial charge is 0.378 e. The van der Waals surface area contributed by atoms with Crippen LogP contribution < -0.4 is 5.32 Å². The molecule has 1 N–H and O–H groups in total. The Morgan fingerprint density at radius 2 is 2.11 bits per heavy atom. The van der Waals surface area contributed by atoms with E-state index in [1.165, 1.54) is 6.07 Å². The van der Waals surface area contributed by atoms with Gasteiger partial charge in [0.15, 0.2) is 5.15 Å². The number of rotatable bonds is 3. The van der Waals surface area contributed by atoms with Crippen LogP contribution in [0.1, 0.15) is 5.56 Å². The number of aromatic nitrogens is 1. The second-order valence-electron chi connectivity index (χ2n) is 3.56. The highest BCUT2D eigenvalue weighted by Crippen LogP contribution is 2.24. The monoisotopic (exact) mass is 348 g/mol. The number of anilines is 1. The van der Waals surface area contributed by atoms with Crippen molar-refractivity contribution in [3.8, 4) is 0 Å². The first-order valence-electron chi connectivity index (χ1n) is 5.05. The molecule has 1 heterocycles.